The van der Waals surface area contributed by atoms with Gasteiger partial charge in [-0.3, -0.25) is 0 Å². The number of esters is 2. The Balaban J connectivity index is 1.51. The highest BCUT2D eigenvalue weighted by Gasteiger charge is 2.77. The fraction of sp³-hybridized carbons (Fsp3) is 0.778. The molecule has 0 aromatic rings. The molecule has 23 heavy (non-hydrogen) atoms. The van der Waals surface area contributed by atoms with Gasteiger partial charge in [0.1, 0.15) is 5.60 Å². The summed E-state index contributed by atoms with van der Waals surface area (Å²) in [7, 11) is 0. The van der Waals surface area contributed by atoms with Crippen molar-refractivity contribution >= 4 is 11.9 Å². The molecule has 0 aliphatic heterocycles. The quantitative estimate of drug-likeness (QED) is 0.633. The van der Waals surface area contributed by atoms with E-state index in [1.165, 1.54) is 6.92 Å². The molecule has 5 fully saturated rings. The third kappa shape index (κ3) is 2.02. The van der Waals surface area contributed by atoms with Gasteiger partial charge in [0.15, 0.2) is 6.61 Å². The van der Waals surface area contributed by atoms with Gasteiger partial charge in [0.2, 0.25) is 0 Å². The molecule has 5 rings (SSSR count). The molecule has 5 aliphatic rings. The predicted octanol–water partition coefficient (Wildman–Crippen LogP) is 1.98. The minimum atomic E-state index is -0.700. The number of carbonyl (C=O) groups excluding carboxylic acids is 2. The van der Waals surface area contributed by atoms with E-state index in [9.17, 15) is 14.7 Å². The number of hydrogen-bond donors (Lipinski definition) is 1. The standard InChI is InChI=1S/C18H24O5/c1-10(2)15(20)22-7-13(19)23-18-5-11-4-16(3)8-17(21,9-18)6-12(11)14(16)18/h11-12,14,21H,1,4-9H2,2-3H3. The van der Waals surface area contributed by atoms with Gasteiger partial charge in [-0.25, -0.2) is 9.59 Å². The van der Waals surface area contributed by atoms with Crippen LogP contribution in [0.2, 0.25) is 0 Å². The van der Waals surface area contributed by atoms with Crippen LogP contribution < -0.4 is 0 Å². The second-order valence-electron chi connectivity index (χ2n) is 8.64. The molecule has 6 bridgehead atoms. The minimum Gasteiger partial charge on any atom is -0.456 e. The fourth-order valence-electron chi connectivity index (χ4n) is 6.73. The summed E-state index contributed by atoms with van der Waals surface area (Å²) in [5.74, 6) is 0.266. The lowest BCUT2D eigenvalue weighted by Gasteiger charge is -2.60. The Hall–Kier alpha value is -1.36. The van der Waals surface area contributed by atoms with E-state index >= 15 is 0 Å². The lowest BCUT2D eigenvalue weighted by Crippen LogP contribution is -2.63. The van der Waals surface area contributed by atoms with Crippen molar-refractivity contribution in [3.63, 3.8) is 0 Å². The summed E-state index contributed by atoms with van der Waals surface area (Å²) in [5, 5.41) is 10.9. The molecule has 0 aromatic heterocycles. The highest BCUT2D eigenvalue weighted by atomic mass is 16.6. The molecule has 126 valence electrons. The summed E-state index contributed by atoms with van der Waals surface area (Å²) in [6.45, 7) is 6.88. The van der Waals surface area contributed by atoms with Gasteiger partial charge < -0.3 is 14.6 Å². The van der Waals surface area contributed by atoms with E-state index in [1.54, 1.807) is 0 Å². The predicted molar refractivity (Wildman–Crippen MR) is 81.2 cm³/mol. The lowest BCUT2D eigenvalue weighted by atomic mass is 9.50. The van der Waals surface area contributed by atoms with Crippen LogP contribution in [-0.2, 0) is 19.1 Å². The van der Waals surface area contributed by atoms with E-state index in [0.717, 1.165) is 25.7 Å². The van der Waals surface area contributed by atoms with Crippen molar-refractivity contribution in [1.29, 1.82) is 0 Å². The number of carbonyl (C=O) groups is 2. The molecule has 0 spiro atoms. The van der Waals surface area contributed by atoms with Crippen molar-refractivity contribution < 1.29 is 24.2 Å². The second kappa shape index (κ2) is 4.38. The van der Waals surface area contributed by atoms with E-state index < -0.39 is 23.1 Å². The van der Waals surface area contributed by atoms with Crippen molar-refractivity contribution in [3.05, 3.63) is 12.2 Å². The highest BCUT2D eigenvalue weighted by Crippen LogP contribution is 2.76. The van der Waals surface area contributed by atoms with Crippen LogP contribution in [0.25, 0.3) is 0 Å². The summed E-state index contributed by atoms with van der Waals surface area (Å²) in [4.78, 5) is 23.6. The first-order valence-corrected chi connectivity index (χ1v) is 8.43. The summed E-state index contributed by atoms with van der Waals surface area (Å²) in [6.07, 6.45) is 4.19. The molecule has 5 heteroatoms. The second-order valence-corrected chi connectivity index (χ2v) is 8.64. The molecule has 0 aromatic carbocycles. The first-order chi connectivity index (χ1) is 10.7. The van der Waals surface area contributed by atoms with Crippen molar-refractivity contribution in [1.82, 2.24) is 0 Å². The van der Waals surface area contributed by atoms with E-state index in [4.69, 9.17) is 9.47 Å². The summed E-state index contributed by atoms with van der Waals surface area (Å²) >= 11 is 0. The fourth-order valence-corrected chi connectivity index (χ4v) is 6.73. The Bertz CT molecular complexity index is 613. The number of ether oxygens (including phenoxy) is 2. The molecular weight excluding hydrogens is 296 g/mol. The van der Waals surface area contributed by atoms with E-state index in [2.05, 4.69) is 13.5 Å². The van der Waals surface area contributed by atoms with Gasteiger partial charge in [-0.05, 0) is 49.9 Å². The van der Waals surface area contributed by atoms with Crippen LogP contribution in [0.5, 0.6) is 0 Å². The first-order valence-electron chi connectivity index (χ1n) is 8.43. The van der Waals surface area contributed by atoms with Gasteiger partial charge in [-0.2, -0.15) is 0 Å². The zero-order valence-corrected chi connectivity index (χ0v) is 13.8. The normalized spacial score (nSPS) is 48.6. The monoisotopic (exact) mass is 320 g/mol. The zero-order chi connectivity index (χ0) is 16.6. The first kappa shape index (κ1) is 15.2. The van der Waals surface area contributed by atoms with Gasteiger partial charge >= 0.3 is 11.9 Å². The van der Waals surface area contributed by atoms with Crippen molar-refractivity contribution in [3.8, 4) is 0 Å². The summed E-state index contributed by atoms with van der Waals surface area (Å²) in [5.41, 5.74) is -0.918. The van der Waals surface area contributed by atoms with Crippen LogP contribution in [-0.4, -0.2) is 34.9 Å². The molecule has 0 heterocycles. The lowest BCUT2D eigenvalue weighted by molar-refractivity contribution is -0.234. The van der Waals surface area contributed by atoms with Gasteiger partial charge in [-0.15, -0.1) is 0 Å². The number of rotatable bonds is 4. The van der Waals surface area contributed by atoms with Gasteiger partial charge in [0, 0.05) is 17.9 Å². The average Bonchev–Trinajstić information content (AvgIpc) is 2.75. The minimum absolute atomic E-state index is 0.0769. The Kier molecular flexibility index (Phi) is 2.89. The van der Waals surface area contributed by atoms with Crippen LogP contribution in [0.1, 0.15) is 46.0 Å². The Labute approximate surface area is 136 Å². The van der Waals surface area contributed by atoms with E-state index in [0.29, 0.717) is 24.2 Å². The maximum absolute atomic E-state index is 12.2. The Morgan fingerprint density at radius 2 is 2.00 bits per heavy atom. The summed E-state index contributed by atoms with van der Waals surface area (Å²) < 4.78 is 10.8. The average molecular weight is 320 g/mol. The third-order valence-electron chi connectivity index (χ3n) is 6.65. The van der Waals surface area contributed by atoms with Gasteiger partial charge in [0.25, 0.3) is 0 Å². The van der Waals surface area contributed by atoms with E-state index in [-0.39, 0.29) is 17.6 Å². The van der Waals surface area contributed by atoms with Crippen molar-refractivity contribution in [2.45, 2.75) is 57.2 Å². The van der Waals surface area contributed by atoms with Crippen LogP contribution in [0, 0.1) is 23.2 Å². The molecule has 5 nitrogen and oxygen atoms in total. The number of hydrogen-bond acceptors (Lipinski definition) is 5. The largest absolute Gasteiger partial charge is 0.456 e. The summed E-state index contributed by atoms with van der Waals surface area (Å²) in [6, 6.07) is 0. The molecule has 1 N–H and O–H groups in total. The molecule has 0 radical (unpaired) electrons. The molecule has 0 saturated heterocycles. The van der Waals surface area contributed by atoms with Crippen LogP contribution in [0.3, 0.4) is 0 Å². The van der Waals surface area contributed by atoms with Gasteiger partial charge in [0.05, 0.1) is 5.60 Å². The molecule has 6 unspecified atom stereocenters. The zero-order valence-electron chi connectivity index (χ0n) is 13.8. The third-order valence-corrected chi connectivity index (χ3v) is 6.65. The maximum atomic E-state index is 12.2. The SMILES string of the molecule is C=C(C)C(=O)OCC(=O)OC12CC3CC4(C)CC(O)(CC3C41)C2. The van der Waals surface area contributed by atoms with Crippen molar-refractivity contribution in [2.75, 3.05) is 6.61 Å². The molecule has 0 amide bonds. The molecule has 5 aliphatic carbocycles. The van der Waals surface area contributed by atoms with Crippen molar-refractivity contribution in [2.24, 2.45) is 23.2 Å². The van der Waals surface area contributed by atoms with Gasteiger partial charge in [-0.1, -0.05) is 13.5 Å². The Morgan fingerprint density at radius 3 is 2.65 bits per heavy atom. The number of aliphatic hydroxyl groups is 1. The molecule has 5 saturated carbocycles. The Morgan fingerprint density at radius 1 is 1.26 bits per heavy atom. The van der Waals surface area contributed by atoms with Crippen LogP contribution >= 0.6 is 0 Å². The van der Waals surface area contributed by atoms with Crippen LogP contribution in [0.4, 0.5) is 0 Å². The van der Waals surface area contributed by atoms with Crippen LogP contribution in [0.15, 0.2) is 12.2 Å². The molecule has 6 atom stereocenters. The smallest absolute Gasteiger partial charge is 0.344 e. The maximum Gasteiger partial charge on any atom is 0.344 e. The highest BCUT2D eigenvalue weighted by molar-refractivity contribution is 5.88. The van der Waals surface area contributed by atoms with E-state index in [1.807, 2.05) is 0 Å². The molecular formula is C18H24O5. The topological polar surface area (TPSA) is 72.8 Å².